The number of benzene rings is 1. The Kier molecular flexibility index (Phi) is 2.65. The molecule has 0 radical (unpaired) electrons. The molecular weight excluding hydrogens is 168 g/mol. The lowest BCUT2D eigenvalue weighted by Gasteiger charge is -2.09. The van der Waals surface area contributed by atoms with Crippen LogP contribution in [0.4, 0.5) is 0 Å². The van der Waals surface area contributed by atoms with Gasteiger partial charge in [-0.25, -0.2) is 0 Å². The predicted molar refractivity (Wildman–Crippen MR) is 49.1 cm³/mol. The third-order valence-corrected chi connectivity index (χ3v) is 1.67. The van der Waals surface area contributed by atoms with E-state index < -0.39 is 0 Å². The van der Waals surface area contributed by atoms with Gasteiger partial charge in [-0.15, -0.1) is 6.42 Å². The summed E-state index contributed by atoms with van der Waals surface area (Å²) in [7, 11) is 2.90. The lowest BCUT2D eigenvalue weighted by Crippen LogP contribution is -1.91. The van der Waals surface area contributed by atoms with Crippen molar-refractivity contribution in [3.8, 4) is 29.6 Å². The second-order valence-corrected chi connectivity index (χ2v) is 2.34. The Balaban J connectivity index is 3.34. The van der Waals surface area contributed by atoms with E-state index in [0.717, 1.165) is 0 Å². The van der Waals surface area contributed by atoms with Gasteiger partial charge >= 0.3 is 0 Å². The molecule has 1 rings (SSSR count). The molecule has 0 saturated carbocycles. The number of ether oxygens (including phenoxy) is 2. The molecule has 68 valence electrons. The Morgan fingerprint density at radius 2 is 2.00 bits per heavy atom. The fourth-order valence-corrected chi connectivity index (χ4v) is 1.04. The molecule has 0 heterocycles. The van der Waals surface area contributed by atoms with Gasteiger partial charge in [-0.05, 0) is 12.1 Å². The monoisotopic (exact) mass is 178 g/mol. The van der Waals surface area contributed by atoms with E-state index in [2.05, 4.69) is 5.92 Å². The van der Waals surface area contributed by atoms with Crippen LogP contribution in [0.5, 0.6) is 17.2 Å². The Morgan fingerprint density at radius 1 is 1.31 bits per heavy atom. The Bertz CT molecular complexity index is 350. The first-order valence-corrected chi connectivity index (χ1v) is 3.65. The molecule has 1 aromatic carbocycles. The maximum Gasteiger partial charge on any atom is 0.202 e. The van der Waals surface area contributed by atoms with Crippen LogP contribution in [0.3, 0.4) is 0 Å². The lowest BCUT2D eigenvalue weighted by atomic mass is 10.2. The second kappa shape index (κ2) is 3.72. The molecule has 0 aliphatic heterocycles. The maximum atomic E-state index is 9.56. The van der Waals surface area contributed by atoms with Crippen molar-refractivity contribution in [1.82, 2.24) is 0 Å². The minimum atomic E-state index is -0.0690. The van der Waals surface area contributed by atoms with Gasteiger partial charge in [-0.2, -0.15) is 0 Å². The van der Waals surface area contributed by atoms with E-state index in [0.29, 0.717) is 11.3 Å². The highest BCUT2D eigenvalue weighted by atomic mass is 16.5. The summed E-state index contributed by atoms with van der Waals surface area (Å²) in [6.07, 6.45) is 5.20. The van der Waals surface area contributed by atoms with Crippen LogP contribution >= 0.6 is 0 Å². The summed E-state index contributed by atoms with van der Waals surface area (Å²) in [5.74, 6) is 2.94. The zero-order valence-electron chi connectivity index (χ0n) is 7.50. The molecule has 3 nitrogen and oxygen atoms in total. The van der Waals surface area contributed by atoms with Crippen LogP contribution in [0.1, 0.15) is 5.56 Å². The van der Waals surface area contributed by atoms with Crippen molar-refractivity contribution >= 4 is 0 Å². The van der Waals surface area contributed by atoms with E-state index in [1.165, 1.54) is 14.2 Å². The van der Waals surface area contributed by atoms with Crippen LogP contribution in [0, 0.1) is 12.3 Å². The normalized spacial score (nSPS) is 9.00. The van der Waals surface area contributed by atoms with Gasteiger partial charge in [0.2, 0.25) is 5.75 Å². The number of hydrogen-bond donors (Lipinski definition) is 1. The van der Waals surface area contributed by atoms with E-state index in [9.17, 15) is 5.11 Å². The molecule has 0 bridgehead atoms. The Hall–Kier alpha value is -1.82. The van der Waals surface area contributed by atoms with Crippen molar-refractivity contribution in [2.45, 2.75) is 0 Å². The topological polar surface area (TPSA) is 38.7 Å². The van der Waals surface area contributed by atoms with E-state index in [1.807, 2.05) is 0 Å². The third kappa shape index (κ3) is 1.52. The summed E-state index contributed by atoms with van der Waals surface area (Å²) in [6.45, 7) is 0. The minimum absolute atomic E-state index is 0.0690. The molecule has 0 saturated heterocycles. The standard InChI is InChI=1S/C10H10O3/c1-4-7-5-6-8(12-2)9(11)10(7)13-3/h1,5-6,11H,2-3H3. The van der Waals surface area contributed by atoms with Crippen LogP contribution < -0.4 is 9.47 Å². The number of methoxy groups -OCH3 is 2. The molecule has 1 N–H and O–H groups in total. The van der Waals surface area contributed by atoms with E-state index in [4.69, 9.17) is 15.9 Å². The van der Waals surface area contributed by atoms with Crippen LogP contribution in [-0.2, 0) is 0 Å². The zero-order chi connectivity index (χ0) is 9.84. The molecule has 0 amide bonds. The molecular formula is C10H10O3. The number of terminal acetylenes is 1. The predicted octanol–water partition coefficient (Wildman–Crippen LogP) is 1.39. The molecule has 0 spiro atoms. The zero-order valence-corrected chi connectivity index (χ0v) is 7.50. The van der Waals surface area contributed by atoms with Gasteiger partial charge in [0, 0.05) is 0 Å². The van der Waals surface area contributed by atoms with E-state index in [-0.39, 0.29) is 11.5 Å². The Labute approximate surface area is 76.9 Å². The van der Waals surface area contributed by atoms with Gasteiger partial charge in [-0.1, -0.05) is 5.92 Å². The number of hydrogen-bond acceptors (Lipinski definition) is 3. The number of rotatable bonds is 2. The summed E-state index contributed by atoms with van der Waals surface area (Å²) < 4.78 is 9.83. The smallest absolute Gasteiger partial charge is 0.202 e. The highest BCUT2D eigenvalue weighted by Gasteiger charge is 2.11. The molecule has 0 aliphatic carbocycles. The van der Waals surface area contributed by atoms with Crippen molar-refractivity contribution in [2.75, 3.05) is 14.2 Å². The van der Waals surface area contributed by atoms with Gasteiger partial charge in [0.25, 0.3) is 0 Å². The third-order valence-electron chi connectivity index (χ3n) is 1.67. The highest BCUT2D eigenvalue weighted by Crippen LogP contribution is 2.38. The lowest BCUT2D eigenvalue weighted by molar-refractivity contribution is 0.339. The fraction of sp³-hybridized carbons (Fsp3) is 0.200. The van der Waals surface area contributed by atoms with Crippen molar-refractivity contribution in [3.63, 3.8) is 0 Å². The average molecular weight is 178 g/mol. The van der Waals surface area contributed by atoms with Crippen LogP contribution in [0.15, 0.2) is 12.1 Å². The first-order valence-electron chi connectivity index (χ1n) is 3.65. The molecule has 1 aromatic rings. The van der Waals surface area contributed by atoms with Crippen molar-refractivity contribution < 1.29 is 14.6 Å². The van der Waals surface area contributed by atoms with Crippen molar-refractivity contribution in [1.29, 1.82) is 0 Å². The summed E-state index contributed by atoms with van der Waals surface area (Å²) in [5.41, 5.74) is 0.501. The van der Waals surface area contributed by atoms with Crippen LogP contribution in [0.25, 0.3) is 0 Å². The molecule has 3 heteroatoms. The molecule has 0 unspecified atom stereocenters. The SMILES string of the molecule is C#Cc1ccc(OC)c(O)c1OC. The van der Waals surface area contributed by atoms with Gasteiger partial charge in [0.05, 0.1) is 19.8 Å². The highest BCUT2D eigenvalue weighted by molar-refractivity contribution is 5.59. The molecule has 0 atom stereocenters. The van der Waals surface area contributed by atoms with Crippen molar-refractivity contribution in [3.05, 3.63) is 17.7 Å². The average Bonchev–Trinajstić information content (AvgIpc) is 2.17. The summed E-state index contributed by atoms with van der Waals surface area (Å²) in [5, 5.41) is 9.56. The van der Waals surface area contributed by atoms with E-state index in [1.54, 1.807) is 12.1 Å². The van der Waals surface area contributed by atoms with Gasteiger partial charge < -0.3 is 14.6 Å². The van der Waals surface area contributed by atoms with Crippen molar-refractivity contribution in [2.24, 2.45) is 0 Å². The molecule has 0 aromatic heterocycles. The molecule has 0 aliphatic rings. The number of phenols is 1. The van der Waals surface area contributed by atoms with Gasteiger partial charge in [0.1, 0.15) is 0 Å². The number of aromatic hydroxyl groups is 1. The summed E-state index contributed by atoms with van der Waals surface area (Å²) in [6, 6.07) is 3.24. The quantitative estimate of drug-likeness (QED) is 0.695. The van der Waals surface area contributed by atoms with E-state index >= 15 is 0 Å². The van der Waals surface area contributed by atoms with Crippen LogP contribution in [-0.4, -0.2) is 19.3 Å². The largest absolute Gasteiger partial charge is 0.502 e. The van der Waals surface area contributed by atoms with Gasteiger partial charge in [0.15, 0.2) is 11.5 Å². The van der Waals surface area contributed by atoms with Crippen LogP contribution in [0.2, 0.25) is 0 Å². The first kappa shape index (κ1) is 9.27. The second-order valence-electron chi connectivity index (χ2n) is 2.34. The Morgan fingerprint density at radius 3 is 2.46 bits per heavy atom. The summed E-state index contributed by atoms with van der Waals surface area (Å²) in [4.78, 5) is 0. The first-order chi connectivity index (χ1) is 6.24. The fourth-order valence-electron chi connectivity index (χ4n) is 1.04. The maximum absolute atomic E-state index is 9.56. The minimum Gasteiger partial charge on any atom is -0.502 e. The number of phenolic OH excluding ortho intramolecular Hbond substituents is 1. The molecule has 0 fully saturated rings. The molecule has 13 heavy (non-hydrogen) atoms. The van der Waals surface area contributed by atoms with Gasteiger partial charge in [-0.3, -0.25) is 0 Å². The summed E-state index contributed by atoms with van der Waals surface area (Å²) >= 11 is 0.